The van der Waals surface area contributed by atoms with Crippen molar-refractivity contribution in [2.75, 3.05) is 0 Å². The molecule has 3 nitrogen and oxygen atoms in total. The maximum absolute atomic E-state index is 4.65. The fraction of sp³-hybridized carbons (Fsp3) is 0.429. The lowest BCUT2D eigenvalue weighted by molar-refractivity contribution is 0.679. The van der Waals surface area contributed by atoms with Crippen molar-refractivity contribution in [2.45, 2.75) is 60.4 Å². The lowest BCUT2D eigenvalue weighted by atomic mass is 9.97. The topological polar surface area (TPSA) is 30.7 Å². The minimum atomic E-state index is 0.956. The zero-order valence-corrected chi connectivity index (χ0v) is 15.5. The quantitative estimate of drug-likeness (QED) is 0.672. The predicted octanol–water partition coefficient (Wildman–Crippen LogP) is 4.86. The number of benzene rings is 1. The molecule has 0 unspecified atom stereocenters. The van der Waals surface area contributed by atoms with Crippen molar-refractivity contribution < 1.29 is 0 Å². The summed E-state index contributed by atoms with van der Waals surface area (Å²) in [6.07, 6.45) is 4.83. The normalized spacial score (nSPS) is 11.4. The molecule has 3 aromatic rings. The van der Waals surface area contributed by atoms with Crippen molar-refractivity contribution in [1.29, 1.82) is 0 Å². The van der Waals surface area contributed by atoms with Gasteiger partial charge < -0.3 is 4.57 Å². The molecule has 0 radical (unpaired) electrons. The van der Waals surface area contributed by atoms with Gasteiger partial charge in [0.25, 0.3) is 0 Å². The number of aromatic nitrogens is 3. The monoisotopic (exact) mass is 321 g/mol. The highest BCUT2D eigenvalue weighted by Crippen LogP contribution is 2.27. The van der Waals surface area contributed by atoms with E-state index in [9.17, 15) is 0 Å². The second-order valence-electron chi connectivity index (χ2n) is 6.75. The smallest absolute Gasteiger partial charge is 0.116 e. The average molecular weight is 321 g/mol. The molecule has 2 aromatic heterocycles. The van der Waals surface area contributed by atoms with Crippen LogP contribution in [0.2, 0.25) is 0 Å². The summed E-state index contributed by atoms with van der Waals surface area (Å²) in [5, 5.41) is 0. The van der Waals surface area contributed by atoms with Crippen molar-refractivity contribution in [2.24, 2.45) is 0 Å². The largest absolute Gasteiger partial charge is 0.342 e. The molecular weight excluding hydrogens is 294 g/mol. The van der Waals surface area contributed by atoms with Crippen LogP contribution in [0.15, 0.2) is 24.5 Å². The van der Waals surface area contributed by atoms with Crippen LogP contribution in [0.5, 0.6) is 0 Å². The zero-order chi connectivity index (χ0) is 17.3. The summed E-state index contributed by atoms with van der Waals surface area (Å²) in [6, 6.07) is 6.54. The Hall–Kier alpha value is -2.16. The third-order valence-electron chi connectivity index (χ3n) is 5.17. The Bertz CT molecular complexity index is 854. The summed E-state index contributed by atoms with van der Waals surface area (Å²) in [4.78, 5) is 9.21. The third-order valence-corrected chi connectivity index (χ3v) is 5.17. The van der Waals surface area contributed by atoms with E-state index in [-0.39, 0.29) is 0 Å². The molecular formula is C21H27N3. The average Bonchev–Trinajstić information content (AvgIpc) is 2.81. The van der Waals surface area contributed by atoms with Gasteiger partial charge in [0.05, 0.1) is 16.7 Å². The molecule has 1 aromatic carbocycles. The number of aryl methyl sites for hydroxylation is 5. The van der Waals surface area contributed by atoms with Crippen LogP contribution in [0.1, 0.15) is 47.0 Å². The Balaban J connectivity index is 2.02. The van der Waals surface area contributed by atoms with Gasteiger partial charge in [-0.1, -0.05) is 25.1 Å². The minimum absolute atomic E-state index is 0.956. The molecule has 0 atom stereocenters. The number of rotatable bonds is 5. The van der Waals surface area contributed by atoms with E-state index >= 15 is 0 Å². The molecule has 2 heterocycles. The van der Waals surface area contributed by atoms with Crippen LogP contribution in [-0.2, 0) is 19.4 Å². The fourth-order valence-electron chi connectivity index (χ4n) is 3.69. The van der Waals surface area contributed by atoms with Crippen LogP contribution < -0.4 is 0 Å². The van der Waals surface area contributed by atoms with Crippen LogP contribution in [0, 0.1) is 27.7 Å². The van der Waals surface area contributed by atoms with Crippen molar-refractivity contribution in [3.05, 3.63) is 58.2 Å². The Kier molecular flexibility index (Phi) is 4.70. The summed E-state index contributed by atoms with van der Waals surface area (Å²) in [6.45, 7) is 12.0. The lowest BCUT2D eigenvalue weighted by Gasteiger charge is -2.12. The maximum atomic E-state index is 4.65. The molecule has 0 fully saturated rings. The highest BCUT2D eigenvalue weighted by atomic mass is 15.0. The standard InChI is InChI=1S/C21H27N3/c1-6-12-24-17(5)16(4)20-21(24)19(22-13-23-20)11-10-18-14(2)8-7-9-15(18)3/h7-9,13H,6,10-12H2,1-5H3. The van der Waals surface area contributed by atoms with Gasteiger partial charge in [-0.2, -0.15) is 0 Å². The number of hydrogen-bond donors (Lipinski definition) is 0. The van der Waals surface area contributed by atoms with Gasteiger partial charge in [0.2, 0.25) is 0 Å². The van der Waals surface area contributed by atoms with Gasteiger partial charge in [-0.3, -0.25) is 0 Å². The van der Waals surface area contributed by atoms with Crippen molar-refractivity contribution in [1.82, 2.24) is 14.5 Å². The molecule has 24 heavy (non-hydrogen) atoms. The number of fused-ring (bicyclic) bond motifs is 1. The molecule has 3 heteroatoms. The van der Waals surface area contributed by atoms with Gasteiger partial charge in [0.1, 0.15) is 6.33 Å². The van der Waals surface area contributed by atoms with Crippen LogP contribution in [0.25, 0.3) is 11.0 Å². The Morgan fingerprint density at radius 1 is 0.958 bits per heavy atom. The molecule has 0 N–H and O–H groups in total. The summed E-state index contributed by atoms with van der Waals surface area (Å²) in [7, 11) is 0. The van der Waals surface area contributed by atoms with E-state index < -0.39 is 0 Å². The van der Waals surface area contributed by atoms with Crippen LogP contribution >= 0.6 is 0 Å². The van der Waals surface area contributed by atoms with E-state index in [0.29, 0.717) is 0 Å². The van der Waals surface area contributed by atoms with Gasteiger partial charge in [0.15, 0.2) is 0 Å². The van der Waals surface area contributed by atoms with Crippen LogP contribution in [0.4, 0.5) is 0 Å². The van der Waals surface area contributed by atoms with Crippen molar-refractivity contribution in [3.8, 4) is 0 Å². The predicted molar refractivity (Wildman–Crippen MR) is 101 cm³/mol. The van der Waals surface area contributed by atoms with Crippen molar-refractivity contribution >= 4 is 11.0 Å². The first-order valence-corrected chi connectivity index (χ1v) is 8.89. The Morgan fingerprint density at radius 3 is 2.33 bits per heavy atom. The van der Waals surface area contributed by atoms with Crippen LogP contribution in [0.3, 0.4) is 0 Å². The SMILES string of the molecule is CCCn1c(C)c(C)c2ncnc(CCc3c(C)cccc3C)c21. The molecule has 0 spiro atoms. The molecule has 0 bridgehead atoms. The molecule has 0 aliphatic rings. The second-order valence-corrected chi connectivity index (χ2v) is 6.75. The van der Waals surface area contributed by atoms with Gasteiger partial charge in [-0.25, -0.2) is 9.97 Å². The van der Waals surface area contributed by atoms with Gasteiger partial charge in [-0.05, 0) is 69.2 Å². The summed E-state index contributed by atoms with van der Waals surface area (Å²) >= 11 is 0. The first-order valence-electron chi connectivity index (χ1n) is 8.89. The Morgan fingerprint density at radius 2 is 1.67 bits per heavy atom. The molecule has 126 valence electrons. The molecule has 0 amide bonds. The molecule has 0 aliphatic carbocycles. The van der Waals surface area contributed by atoms with Gasteiger partial charge >= 0.3 is 0 Å². The summed E-state index contributed by atoms with van der Waals surface area (Å²) < 4.78 is 2.41. The first-order chi connectivity index (χ1) is 11.5. The van der Waals surface area contributed by atoms with E-state index in [1.165, 1.54) is 39.2 Å². The van der Waals surface area contributed by atoms with E-state index in [4.69, 9.17) is 0 Å². The third kappa shape index (κ3) is 2.83. The molecule has 0 saturated heterocycles. The number of hydrogen-bond acceptors (Lipinski definition) is 2. The van der Waals surface area contributed by atoms with E-state index in [2.05, 4.69) is 67.4 Å². The molecule has 3 rings (SSSR count). The number of nitrogens with zero attached hydrogens (tertiary/aromatic N) is 3. The zero-order valence-electron chi connectivity index (χ0n) is 15.5. The molecule has 0 saturated carbocycles. The van der Waals surface area contributed by atoms with Gasteiger partial charge in [0, 0.05) is 12.2 Å². The van der Waals surface area contributed by atoms with Crippen molar-refractivity contribution in [3.63, 3.8) is 0 Å². The van der Waals surface area contributed by atoms with Gasteiger partial charge in [-0.15, -0.1) is 0 Å². The molecule has 0 aliphatic heterocycles. The first kappa shape index (κ1) is 16.7. The summed E-state index contributed by atoms with van der Waals surface area (Å²) in [5.41, 5.74) is 10.3. The summed E-state index contributed by atoms with van der Waals surface area (Å²) in [5.74, 6) is 0. The Labute approximate surface area is 144 Å². The maximum Gasteiger partial charge on any atom is 0.116 e. The van der Waals surface area contributed by atoms with Crippen LogP contribution in [-0.4, -0.2) is 14.5 Å². The second kappa shape index (κ2) is 6.76. The lowest BCUT2D eigenvalue weighted by Crippen LogP contribution is -2.05. The van der Waals surface area contributed by atoms with E-state index in [1.807, 2.05) is 0 Å². The van der Waals surface area contributed by atoms with E-state index in [1.54, 1.807) is 6.33 Å². The highest BCUT2D eigenvalue weighted by Gasteiger charge is 2.16. The highest BCUT2D eigenvalue weighted by molar-refractivity contribution is 5.83. The minimum Gasteiger partial charge on any atom is -0.342 e. The fourth-order valence-corrected chi connectivity index (χ4v) is 3.69. The van der Waals surface area contributed by atoms with E-state index in [0.717, 1.165) is 31.3 Å².